The maximum atomic E-state index is 6.06. The van der Waals surface area contributed by atoms with Crippen LogP contribution in [0.2, 0.25) is 0 Å². The quantitative estimate of drug-likeness (QED) is 0.808. The molecule has 0 aliphatic heterocycles. The average Bonchev–Trinajstić information content (AvgIpc) is 2.57. The van der Waals surface area contributed by atoms with Gasteiger partial charge in [0, 0.05) is 18.3 Å². The van der Waals surface area contributed by atoms with E-state index >= 15 is 0 Å². The Hall–Kier alpha value is -0.830. The maximum absolute atomic E-state index is 6.06. The molecule has 0 aliphatic rings. The van der Waals surface area contributed by atoms with Gasteiger partial charge in [-0.1, -0.05) is 27.2 Å². The number of aromatic nitrogens is 2. The third kappa shape index (κ3) is 3.84. The molecular weight excluding hydrogens is 222 g/mol. The lowest BCUT2D eigenvalue weighted by atomic mass is 10.0. The van der Waals surface area contributed by atoms with E-state index in [9.17, 15) is 0 Å². The second kappa shape index (κ2) is 6.93. The normalized spacial score (nSPS) is 14.8. The van der Waals surface area contributed by atoms with E-state index in [0.717, 1.165) is 25.1 Å². The highest BCUT2D eigenvalue weighted by atomic mass is 15.3. The van der Waals surface area contributed by atoms with E-state index in [0.29, 0.717) is 5.92 Å². The van der Waals surface area contributed by atoms with Crippen LogP contribution in [0.15, 0.2) is 0 Å². The number of aryl methyl sites for hydroxylation is 1. The van der Waals surface area contributed by atoms with Crippen molar-refractivity contribution in [1.29, 1.82) is 0 Å². The first-order chi connectivity index (χ1) is 8.49. The van der Waals surface area contributed by atoms with Gasteiger partial charge in [0.05, 0.1) is 5.69 Å². The SMILES string of the molecule is CCCC(C)Cn1nc(C)c(CC(N)CC)c1C. The number of nitrogens with two attached hydrogens (primary N) is 1. The molecule has 2 N–H and O–H groups in total. The van der Waals surface area contributed by atoms with Crippen molar-refractivity contribution in [2.24, 2.45) is 11.7 Å². The summed E-state index contributed by atoms with van der Waals surface area (Å²) in [5, 5.41) is 4.68. The summed E-state index contributed by atoms with van der Waals surface area (Å²) >= 11 is 0. The fourth-order valence-corrected chi connectivity index (χ4v) is 2.49. The summed E-state index contributed by atoms with van der Waals surface area (Å²) in [7, 11) is 0. The van der Waals surface area contributed by atoms with Gasteiger partial charge in [-0.25, -0.2) is 0 Å². The summed E-state index contributed by atoms with van der Waals surface area (Å²) in [6.45, 7) is 12.0. The van der Waals surface area contributed by atoms with E-state index < -0.39 is 0 Å². The minimum Gasteiger partial charge on any atom is -0.327 e. The first-order valence-electron chi connectivity index (χ1n) is 7.27. The van der Waals surface area contributed by atoms with Crippen LogP contribution in [-0.2, 0) is 13.0 Å². The second-order valence-electron chi connectivity index (χ2n) is 5.60. The van der Waals surface area contributed by atoms with Crippen LogP contribution in [0.1, 0.15) is 57.0 Å². The van der Waals surface area contributed by atoms with Crippen LogP contribution in [0.4, 0.5) is 0 Å². The highest BCUT2D eigenvalue weighted by Gasteiger charge is 2.15. The zero-order valence-electron chi connectivity index (χ0n) is 12.7. The molecule has 1 heterocycles. The molecule has 0 spiro atoms. The molecule has 0 aliphatic carbocycles. The molecule has 0 saturated heterocycles. The number of nitrogens with zero attached hydrogens (tertiary/aromatic N) is 2. The number of hydrogen-bond donors (Lipinski definition) is 1. The molecule has 3 heteroatoms. The fraction of sp³-hybridized carbons (Fsp3) is 0.800. The van der Waals surface area contributed by atoms with E-state index in [4.69, 9.17) is 5.73 Å². The molecule has 0 fully saturated rings. The molecule has 1 aromatic heterocycles. The van der Waals surface area contributed by atoms with Crippen molar-refractivity contribution < 1.29 is 0 Å². The van der Waals surface area contributed by atoms with E-state index in [2.05, 4.69) is 44.4 Å². The van der Waals surface area contributed by atoms with E-state index in [1.54, 1.807) is 0 Å². The van der Waals surface area contributed by atoms with Gasteiger partial charge in [0.1, 0.15) is 0 Å². The molecule has 0 bridgehead atoms. The monoisotopic (exact) mass is 251 g/mol. The number of rotatable bonds is 7. The Kier molecular flexibility index (Phi) is 5.86. The van der Waals surface area contributed by atoms with Crippen LogP contribution in [0.3, 0.4) is 0 Å². The van der Waals surface area contributed by atoms with Crippen LogP contribution in [-0.4, -0.2) is 15.8 Å². The van der Waals surface area contributed by atoms with Crippen molar-refractivity contribution in [1.82, 2.24) is 9.78 Å². The molecule has 2 unspecified atom stereocenters. The third-order valence-electron chi connectivity index (χ3n) is 3.79. The third-order valence-corrected chi connectivity index (χ3v) is 3.79. The smallest absolute Gasteiger partial charge is 0.0629 e. The minimum atomic E-state index is 0.258. The van der Waals surface area contributed by atoms with Gasteiger partial charge in [0.15, 0.2) is 0 Å². The Labute approximate surface area is 112 Å². The molecule has 1 rings (SSSR count). The van der Waals surface area contributed by atoms with Crippen molar-refractivity contribution in [2.45, 2.75) is 72.9 Å². The Morgan fingerprint density at radius 1 is 1.28 bits per heavy atom. The second-order valence-corrected chi connectivity index (χ2v) is 5.60. The topological polar surface area (TPSA) is 43.8 Å². The lowest BCUT2D eigenvalue weighted by Crippen LogP contribution is -2.22. The van der Waals surface area contributed by atoms with Gasteiger partial charge < -0.3 is 5.73 Å². The molecule has 0 radical (unpaired) electrons. The van der Waals surface area contributed by atoms with Crippen LogP contribution >= 0.6 is 0 Å². The standard InChI is InChI=1S/C15H29N3/c1-6-8-11(3)10-18-13(5)15(12(4)17-18)9-14(16)7-2/h11,14H,6-10,16H2,1-5H3. The van der Waals surface area contributed by atoms with Crippen LogP contribution in [0.25, 0.3) is 0 Å². The van der Waals surface area contributed by atoms with Gasteiger partial charge in [-0.3, -0.25) is 4.68 Å². The van der Waals surface area contributed by atoms with Gasteiger partial charge in [-0.2, -0.15) is 5.10 Å². The molecule has 0 saturated carbocycles. The molecule has 2 atom stereocenters. The molecule has 18 heavy (non-hydrogen) atoms. The van der Waals surface area contributed by atoms with Crippen molar-refractivity contribution in [3.63, 3.8) is 0 Å². The van der Waals surface area contributed by atoms with Crippen molar-refractivity contribution >= 4 is 0 Å². The maximum Gasteiger partial charge on any atom is 0.0629 e. The predicted molar refractivity (Wildman–Crippen MR) is 77.7 cm³/mol. The largest absolute Gasteiger partial charge is 0.327 e. The minimum absolute atomic E-state index is 0.258. The summed E-state index contributed by atoms with van der Waals surface area (Å²) in [5.41, 5.74) is 9.88. The summed E-state index contributed by atoms with van der Waals surface area (Å²) < 4.78 is 2.17. The van der Waals surface area contributed by atoms with Gasteiger partial charge in [0.2, 0.25) is 0 Å². The van der Waals surface area contributed by atoms with Crippen LogP contribution in [0.5, 0.6) is 0 Å². The highest BCUT2D eigenvalue weighted by molar-refractivity contribution is 5.25. The highest BCUT2D eigenvalue weighted by Crippen LogP contribution is 2.18. The van der Waals surface area contributed by atoms with Gasteiger partial charge in [-0.15, -0.1) is 0 Å². The Morgan fingerprint density at radius 2 is 1.94 bits per heavy atom. The Bertz CT molecular complexity index is 368. The predicted octanol–water partition coefficient (Wildman–Crippen LogP) is 3.22. The van der Waals surface area contributed by atoms with Gasteiger partial charge in [-0.05, 0) is 44.6 Å². The molecular formula is C15H29N3. The van der Waals surface area contributed by atoms with Gasteiger partial charge in [0.25, 0.3) is 0 Å². The molecule has 3 nitrogen and oxygen atoms in total. The summed E-state index contributed by atoms with van der Waals surface area (Å²) in [6, 6.07) is 0.258. The van der Waals surface area contributed by atoms with Gasteiger partial charge >= 0.3 is 0 Å². The van der Waals surface area contributed by atoms with E-state index in [1.165, 1.54) is 24.1 Å². The lowest BCUT2D eigenvalue weighted by Gasteiger charge is -2.13. The van der Waals surface area contributed by atoms with E-state index in [1.807, 2.05) is 0 Å². The van der Waals surface area contributed by atoms with Crippen LogP contribution < -0.4 is 5.73 Å². The molecule has 0 amide bonds. The zero-order valence-corrected chi connectivity index (χ0v) is 12.7. The summed E-state index contributed by atoms with van der Waals surface area (Å²) in [6.07, 6.45) is 4.49. The van der Waals surface area contributed by atoms with Crippen molar-refractivity contribution in [2.75, 3.05) is 0 Å². The Balaban J connectivity index is 2.80. The van der Waals surface area contributed by atoms with Crippen LogP contribution in [0, 0.1) is 19.8 Å². The first-order valence-corrected chi connectivity index (χ1v) is 7.27. The average molecular weight is 251 g/mol. The summed E-state index contributed by atoms with van der Waals surface area (Å²) in [5.74, 6) is 0.695. The first kappa shape index (κ1) is 15.2. The van der Waals surface area contributed by atoms with Crippen molar-refractivity contribution in [3.05, 3.63) is 17.0 Å². The molecule has 104 valence electrons. The molecule has 1 aromatic rings. The Morgan fingerprint density at radius 3 is 2.50 bits per heavy atom. The van der Waals surface area contributed by atoms with Crippen molar-refractivity contribution in [3.8, 4) is 0 Å². The fourth-order valence-electron chi connectivity index (χ4n) is 2.49. The zero-order chi connectivity index (χ0) is 13.7. The van der Waals surface area contributed by atoms with E-state index in [-0.39, 0.29) is 6.04 Å². The summed E-state index contributed by atoms with van der Waals surface area (Å²) in [4.78, 5) is 0. The lowest BCUT2D eigenvalue weighted by molar-refractivity contribution is 0.413. The number of hydrogen-bond acceptors (Lipinski definition) is 2. The molecule has 0 aromatic carbocycles.